The van der Waals surface area contributed by atoms with Gasteiger partial charge in [0.2, 0.25) is 11.8 Å². The number of benzene rings is 1. The molecule has 0 bridgehead atoms. The second-order valence-electron chi connectivity index (χ2n) is 9.44. The van der Waals surface area contributed by atoms with Crippen molar-refractivity contribution in [2.45, 2.75) is 93.8 Å². The first-order valence-corrected chi connectivity index (χ1v) is 14.8. The molecule has 2 N–H and O–H groups in total. The number of hydrogen-bond acceptors (Lipinski definition) is 4. The van der Waals surface area contributed by atoms with Crippen molar-refractivity contribution in [3.05, 3.63) is 29.8 Å². The Morgan fingerprint density at radius 1 is 0.971 bits per heavy atom. The summed E-state index contributed by atoms with van der Waals surface area (Å²) < 4.78 is -0.323. The van der Waals surface area contributed by atoms with Crippen LogP contribution in [0.4, 0.5) is 10.5 Å². The van der Waals surface area contributed by atoms with Crippen LogP contribution in [-0.4, -0.2) is 51.2 Å². The molecule has 2 fully saturated rings. The minimum Gasteiger partial charge on any atom is -0.335 e. The zero-order chi connectivity index (χ0) is 25.0. The Labute approximate surface area is 223 Å². The van der Waals surface area contributed by atoms with E-state index in [0.29, 0.717) is 17.3 Å². The van der Waals surface area contributed by atoms with E-state index in [1.54, 1.807) is 12.1 Å². The summed E-state index contributed by atoms with van der Waals surface area (Å²) in [6.45, 7) is 0. The van der Waals surface area contributed by atoms with E-state index in [1.165, 1.54) is 23.1 Å². The number of carbonyl (C=O) groups is 3. The second kappa shape index (κ2) is 15.0. The summed E-state index contributed by atoms with van der Waals surface area (Å²) in [4.78, 5) is 40.2. The van der Waals surface area contributed by atoms with Crippen LogP contribution in [0.3, 0.4) is 0 Å². The molecule has 2 saturated carbocycles. The van der Waals surface area contributed by atoms with Crippen molar-refractivity contribution in [2.75, 3.05) is 16.9 Å². The van der Waals surface area contributed by atoms with E-state index >= 15 is 0 Å². The molecule has 4 amide bonds. The van der Waals surface area contributed by atoms with E-state index in [2.05, 4.69) is 10.6 Å². The lowest BCUT2D eigenvalue weighted by molar-refractivity contribution is -0.130. The Hall–Kier alpha value is -1.44. The molecule has 35 heavy (non-hydrogen) atoms. The van der Waals surface area contributed by atoms with E-state index in [0.717, 1.165) is 63.4 Å². The average molecular weight is 543 g/mol. The van der Waals surface area contributed by atoms with Crippen molar-refractivity contribution >= 4 is 58.5 Å². The molecule has 0 radical (unpaired) electrons. The van der Waals surface area contributed by atoms with Crippen LogP contribution in [0, 0.1) is 0 Å². The molecule has 3 rings (SSSR count). The predicted octanol–water partition coefficient (Wildman–Crippen LogP) is 6.30. The smallest absolute Gasteiger partial charge is 0.324 e. The van der Waals surface area contributed by atoms with Crippen LogP contribution < -0.4 is 10.6 Å². The van der Waals surface area contributed by atoms with Crippen molar-refractivity contribution < 1.29 is 14.4 Å². The van der Waals surface area contributed by atoms with Crippen LogP contribution in [0.2, 0.25) is 0 Å². The molecule has 2 aliphatic rings. The van der Waals surface area contributed by atoms with Gasteiger partial charge in [-0.15, -0.1) is 35.0 Å². The first-order valence-electron chi connectivity index (χ1n) is 12.8. The molecule has 6 nitrogen and oxygen atoms in total. The van der Waals surface area contributed by atoms with Gasteiger partial charge < -0.3 is 10.6 Å². The Morgan fingerprint density at radius 3 is 2.23 bits per heavy atom. The topological polar surface area (TPSA) is 78.5 Å². The summed E-state index contributed by atoms with van der Waals surface area (Å²) in [6, 6.07) is 7.11. The number of rotatable bonds is 10. The Balaban J connectivity index is 1.58. The molecular formula is C26H37Cl2N3O3S. The molecule has 1 atom stereocenters. The normalized spacial score (nSPS) is 18.0. The third kappa shape index (κ3) is 9.51. The minimum absolute atomic E-state index is 0.0291. The van der Waals surface area contributed by atoms with Gasteiger partial charge in [0, 0.05) is 29.4 Å². The van der Waals surface area contributed by atoms with Crippen molar-refractivity contribution in [3.8, 4) is 0 Å². The molecule has 1 aromatic carbocycles. The zero-order valence-corrected chi connectivity index (χ0v) is 22.6. The highest BCUT2D eigenvalue weighted by atomic mass is 35.5. The first kappa shape index (κ1) is 28.1. The third-order valence-corrected chi connectivity index (χ3v) is 8.59. The number of thioether (sulfide) groups is 1. The van der Waals surface area contributed by atoms with Crippen LogP contribution in [0.25, 0.3) is 0 Å². The maximum atomic E-state index is 13.3. The maximum absolute atomic E-state index is 13.3. The summed E-state index contributed by atoms with van der Waals surface area (Å²) in [5, 5.41) is 5.98. The van der Waals surface area contributed by atoms with Gasteiger partial charge in [0.25, 0.3) is 0 Å². The highest BCUT2D eigenvalue weighted by Crippen LogP contribution is 2.25. The van der Waals surface area contributed by atoms with Gasteiger partial charge in [0.1, 0.15) is 0 Å². The van der Waals surface area contributed by atoms with Gasteiger partial charge in [-0.2, -0.15) is 0 Å². The zero-order valence-electron chi connectivity index (χ0n) is 20.3. The van der Waals surface area contributed by atoms with Gasteiger partial charge in [-0.05, 0) is 43.4 Å². The number of amides is 4. The minimum atomic E-state index is -0.323. The van der Waals surface area contributed by atoms with Crippen LogP contribution in [0.15, 0.2) is 24.3 Å². The van der Waals surface area contributed by atoms with Gasteiger partial charge in [-0.25, -0.2) is 4.79 Å². The largest absolute Gasteiger partial charge is 0.335 e. The Kier molecular flexibility index (Phi) is 12.0. The van der Waals surface area contributed by atoms with E-state index in [9.17, 15) is 14.4 Å². The molecule has 0 aromatic heterocycles. The molecular weight excluding hydrogens is 505 g/mol. The summed E-state index contributed by atoms with van der Waals surface area (Å²) in [7, 11) is 0. The summed E-state index contributed by atoms with van der Waals surface area (Å²) in [5.41, 5.74) is 1.46. The highest BCUT2D eigenvalue weighted by Gasteiger charge is 2.32. The number of halogens is 2. The SMILES string of the molecule is O=C(CC(Cl)SCCCl)Nc1ccc(CC(=O)N(C(=O)NC2CCCCC2)C2CCCCC2)cc1. The molecule has 2 aliphatic carbocycles. The molecule has 1 aromatic rings. The number of nitrogens with one attached hydrogen (secondary N) is 2. The number of carbonyl (C=O) groups excluding carboxylic acids is 3. The van der Waals surface area contributed by atoms with Crippen LogP contribution >= 0.6 is 35.0 Å². The lowest BCUT2D eigenvalue weighted by Crippen LogP contribution is -2.53. The quantitative estimate of drug-likeness (QED) is 0.340. The van der Waals surface area contributed by atoms with Gasteiger partial charge >= 0.3 is 6.03 Å². The first-order chi connectivity index (χ1) is 17.0. The number of anilines is 1. The third-order valence-electron chi connectivity index (χ3n) is 6.67. The highest BCUT2D eigenvalue weighted by molar-refractivity contribution is 8.01. The fourth-order valence-electron chi connectivity index (χ4n) is 4.87. The lowest BCUT2D eigenvalue weighted by Gasteiger charge is -2.34. The average Bonchev–Trinajstić information content (AvgIpc) is 2.85. The number of imide groups is 1. The van der Waals surface area contributed by atoms with Crippen molar-refractivity contribution in [3.63, 3.8) is 0 Å². The van der Waals surface area contributed by atoms with E-state index < -0.39 is 0 Å². The molecule has 194 valence electrons. The summed E-state index contributed by atoms with van der Waals surface area (Å²) >= 11 is 13.3. The molecule has 0 spiro atoms. The molecule has 0 heterocycles. The number of hydrogen-bond donors (Lipinski definition) is 2. The fraction of sp³-hybridized carbons (Fsp3) is 0.654. The lowest BCUT2D eigenvalue weighted by atomic mass is 9.93. The molecule has 1 unspecified atom stereocenters. The summed E-state index contributed by atoms with van der Waals surface area (Å²) in [5.74, 6) is 0.861. The molecule has 0 aliphatic heterocycles. The van der Waals surface area contributed by atoms with E-state index in [-0.39, 0.29) is 47.5 Å². The monoisotopic (exact) mass is 541 g/mol. The van der Waals surface area contributed by atoms with Gasteiger partial charge in [-0.1, -0.05) is 50.7 Å². The van der Waals surface area contributed by atoms with Crippen molar-refractivity contribution in [1.82, 2.24) is 10.2 Å². The van der Waals surface area contributed by atoms with Gasteiger partial charge in [0.05, 0.1) is 17.6 Å². The van der Waals surface area contributed by atoms with Crippen molar-refractivity contribution in [1.29, 1.82) is 0 Å². The molecule has 0 saturated heterocycles. The van der Waals surface area contributed by atoms with Gasteiger partial charge in [0.15, 0.2) is 0 Å². The number of urea groups is 1. The van der Waals surface area contributed by atoms with Crippen LogP contribution in [0.1, 0.15) is 76.2 Å². The maximum Gasteiger partial charge on any atom is 0.324 e. The van der Waals surface area contributed by atoms with E-state index in [1.807, 2.05) is 12.1 Å². The second-order valence-corrected chi connectivity index (χ2v) is 11.9. The molecule has 9 heteroatoms. The van der Waals surface area contributed by atoms with Crippen LogP contribution in [0.5, 0.6) is 0 Å². The summed E-state index contributed by atoms with van der Waals surface area (Å²) in [6.07, 6.45) is 10.8. The Bertz CT molecular complexity index is 828. The van der Waals surface area contributed by atoms with Crippen LogP contribution in [-0.2, 0) is 16.0 Å². The Morgan fingerprint density at radius 2 is 1.60 bits per heavy atom. The van der Waals surface area contributed by atoms with Gasteiger partial charge in [-0.3, -0.25) is 14.5 Å². The fourth-order valence-corrected chi connectivity index (χ4v) is 6.16. The van der Waals surface area contributed by atoms with E-state index in [4.69, 9.17) is 23.2 Å². The standard InChI is InChI=1S/C26H37Cl2N3O3S/c27-15-16-35-23(28)18-24(32)29-21-13-11-19(12-14-21)17-25(33)31(22-9-5-2-6-10-22)26(34)30-20-7-3-1-4-8-20/h11-14,20,22-23H,1-10,15-18H2,(H,29,32)(H,30,34). The number of nitrogens with zero attached hydrogens (tertiary/aromatic N) is 1. The predicted molar refractivity (Wildman–Crippen MR) is 145 cm³/mol. The number of alkyl halides is 2. The van der Waals surface area contributed by atoms with Crippen molar-refractivity contribution in [2.24, 2.45) is 0 Å².